The fourth-order valence-electron chi connectivity index (χ4n) is 9.22. The van der Waals surface area contributed by atoms with Crippen LogP contribution < -0.4 is 10.9 Å². The van der Waals surface area contributed by atoms with Gasteiger partial charge in [-0.05, 0) is 107 Å². The number of hydrogen-bond donors (Lipinski definition) is 2. The molecule has 1 amide bonds. The van der Waals surface area contributed by atoms with E-state index in [0.717, 1.165) is 46.0 Å². The summed E-state index contributed by atoms with van der Waals surface area (Å²) in [6, 6.07) is 11.3. The fourth-order valence-corrected chi connectivity index (χ4v) is 9.22. The van der Waals surface area contributed by atoms with Crippen LogP contribution in [-0.4, -0.2) is 84.3 Å². The Morgan fingerprint density at radius 3 is 2.73 bits per heavy atom. The molecule has 13 nitrogen and oxygen atoms in total. The molecule has 1 saturated heterocycles. The first-order valence-corrected chi connectivity index (χ1v) is 20.8. The second kappa shape index (κ2) is 16.2. The minimum atomic E-state index is -4.19. The number of carbonyl (C=O) groups excluding carboxylic acids is 2. The van der Waals surface area contributed by atoms with Crippen LogP contribution in [0.5, 0.6) is 0 Å². The molecular weight excluding hydrogens is 776 g/mol. The number of aryl methyl sites for hydroxylation is 2. The summed E-state index contributed by atoms with van der Waals surface area (Å²) in [5, 5.41) is 7.81. The predicted octanol–water partition coefficient (Wildman–Crippen LogP) is 6.58. The zero-order valence-corrected chi connectivity index (χ0v) is 33.3. The van der Waals surface area contributed by atoms with Crippen LogP contribution in [0.4, 0.5) is 17.8 Å². The Kier molecular flexibility index (Phi) is 10.7. The molecule has 0 spiro atoms. The Hall–Kier alpha value is -5.97. The van der Waals surface area contributed by atoms with E-state index in [-0.39, 0.29) is 48.9 Å². The van der Waals surface area contributed by atoms with Crippen LogP contribution in [0.3, 0.4) is 0 Å². The van der Waals surface area contributed by atoms with Crippen molar-refractivity contribution in [1.29, 1.82) is 0 Å². The minimum absolute atomic E-state index is 0.0900. The summed E-state index contributed by atoms with van der Waals surface area (Å²) < 4.78 is 60.7. The number of Topliss-reactive ketones (excluding diaryl/α,β-unsaturated/α-hetero) is 1. The molecule has 0 aliphatic carbocycles. The van der Waals surface area contributed by atoms with Crippen molar-refractivity contribution < 1.29 is 36.4 Å². The summed E-state index contributed by atoms with van der Waals surface area (Å²) in [5.41, 5.74) is 4.68. The van der Waals surface area contributed by atoms with E-state index in [1.807, 2.05) is 6.92 Å². The molecule has 0 radical (unpaired) electrons. The first kappa shape index (κ1) is 39.5. The number of nitrogens with zero attached hydrogens (tertiary/aromatic N) is 6. The molecule has 4 aliphatic heterocycles. The van der Waals surface area contributed by atoms with Crippen LogP contribution in [0.2, 0.25) is 0 Å². The lowest BCUT2D eigenvalue weighted by molar-refractivity contribution is -0.360. The van der Waals surface area contributed by atoms with E-state index in [0.29, 0.717) is 89.9 Å². The second-order valence-corrected chi connectivity index (χ2v) is 16.1. The SMILES string of the molecule is Cc1nc2n(c(=O)c1CCN1CCC(c3noc4cc(F)ccc34)CC1)CCCC2OC(=O)NCCCC(=O)CCc1ccc2n1[B-](F)(F)[N+]1=C(c3ccc[nH]3)C=CC1=C2. The van der Waals surface area contributed by atoms with E-state index in [4.69, 9.17) is 14.2 Å². The van der Waals surface area contributed by atoms with Crippen LogP contribution >= 0.6 is 0 Å². The third-order valence-electron chi connectivity index (χ3n) is 12.3. The zero-order valence-electron chi connectivity index (χ0n) is 33.3. The van der Waals surface area contributed by atoms with Gasteiger partial charge in [0, 0.05) is 91.2 Å². The normalized spacial score (nSPS) is 18.7. The van der Waals surface area contributed by atoms with Crippen LogP contribution in [0.1, 0.15) is 96.8 Å². The van der Waals surface area contributed by atoms with Gasteiger partial charge in [0.05, 0.1) is 5.69 Å². The van der Waals surface area contributed by atoms with Crippen LogP contribution in [0.25, 0.3) is 17.0 Å². The molecule has 60 heavy (non-hydrogen) atoms. The Morgan fingerprint density at radius 2 is 1.92 bits per heavy atom. The van der Waals surface area contributed by atoms with Crippen molar-refractivity contribution >= 4 is 41.6 Å². The van der Waals surface area contributed by atoms with Gasteiger partial charge in [-0.1, -0.05) is 5.16 Å². The van der Waals surface area contributed by atoms with Gasteiger partial charge in [0.1, 0.15) is 17.3 Å². The summed E-state index contributed by atoms with van der Waals surface area (Å²) >= 11 is 0. The summed E-state index contributed by atoms with van der Waals surface area (Å²) in [7, 11) is 0. The number of alkyl carbamates (subject to hydrolysis) is 1. The number of aromatic amines is 1. The van der Waals surface area contributed by atoms with Crippen LogP contribution in [0.15, 0.2) is 75.8 Å². The highest BCUT2D eigenvalue weighted by Gasteiger charge is 2.52. The van der Waals surface area contributed by atoms with Crippen molar-refractivity contribution in [1.82, 2.24) is 34.4 Å². The molecule has 1 unspecified atom stereocenters. The Morgan fingerprint density at radius 1 is 1.07 bits per heavy atom. The molecular formula is C43H46BF3N8O5. The van der Waals surface area contributed by atoms with Gasteiger partial charge < -0.3 is 42.1 Å². The molecule has 4 aromatic heterocycles. The number of nitrogens with one attached hydrogen (secondary N) is 2. The van der Waals surface area contributed by atoms with E-state index in [9.17, 15) is 18.8 Å². The van der Waals surface area contributed by atoms with Gasteiger partial charge in [-0.15, -0.1) is 0 Å². The number of allylic oxidation sites excluding steroid dienone is 2. The number of ether oxygens (including phenoxy) is 1. The number of amides is 1. The summed E-state index contributed by atoms with van der Waals surface area (Å²) in [6.07, 6.45) is 9.70. The Bertz CT molecular complexity index is 2620. The smallest absolute Gasteiger partial charge is 0.438 e. The van der Waals surface area contributed by atoms with Crippen LogP contribution in [-0.2, 0) is 28.9 Å². The molecule has 1 fully saturated rings. The highest BCUT2D eigenvalue weighted by atomic mass is 19.2. The van der Waals surface area contributed by atoms with Crippen molar-refractivity contribution in [3.63, 3.8) is 0 Å². The molecule has 0 bridgehead atoms. The van der Waals surface area contributed by atoms with Gasteiger partial charge >= 0.3 is 13.1 Å². The van der Waals surface area contributed by atoms with Crippen molar-refractivity contribution in [2.45, 2.75) is 83.3 Å². The lowest BCUT2D eigenvalue weighted by Gasteiger charge is -2.31. The van der Waals surface area contributed by atoms with Crippen molar-refractivity contribution in [2.75, 3.05) is 26.2 Å². The fraction of sp³-hybridized carbons (Fsp3) is 0.395. The number of halogens is 3. The number of likely N-dealkylation sites (tertiary alicyclic amines) is 1. The quantitative estimate of drug-likeness (QED) is 0.100. The van der Waals surface area contributed by atoms with Gasteiger partial charge in [-0.2, -0.15) is 0 Å². The monoisotopic (exact) mass is 822 g/mol. The minimum Gasteiger partial charge on any atom is -0.438 e. The predicted molar refractivity (Wildman–Crippen MR) is 218 cm³/mol. The topological polar surface area (TPSA) is 143 Å². The second-order valence-electron chi connectivity index (χ2n) is 16.1. The molecule has 8 heterocycles. The number of hydrogen-bond acceptors (Lipinski definition) is 8. The number of H-pyrrole nitrogens is 1. The largest absolute Gasteiger partial charge is 0.737 e. The highest BCUT2D eigenvalue weighted by Crippen LogP contribution is 2.35. The van der Waals surface area contributed by atoms with E-state index >= 15 is 8.63 Å². The van der Waals surface area contributed by atoms with Gasteiger partial charge in [0.2, 0.25) is 0 Å². The standard InChI is InChI=1S/C43H46BF3N8O5/c1-27-34(18-24-52-22-16-28(17-23-52)40-35-14-8-29(45)25-39(35)60-51-40)42(57)53-21-4-7-38(41(53)50-27)59-43(58)49-20-2-5-33(56)13-11-30-9-10-31-26-32-12-15-37(36-6-3-19-48-36)55(32)44(46,47)54(30)31/h3,6,8-10,12,14-15,19,25-26,28,38,48H,2,4-5,7,11,13,16-18,20-24H2,1H3,(H,49,58). The first-order chi connectivity index (χ1) is 29.0. The highest BCUT2D eigenvalue weighted by molar-refractivity contribution is 6.58. The Balaban J connectivity index is 0.734. The van der Waals surface area contributed by atoms with Gasteiger partial charge in [-0.3, -0.25) is 14.2 Å². The van der Waals surface area contributed by atoms with Gasteiger partial charge in [0.15, 0.2) is 28.9 Å². The average molecular weight is 823 g/mol. The molecule has 0 saturated carbocycles. The number of benzene rings is 1. The number of rotatable bonds is 13. The van der Waals surface area contributed by atoms with Gasteiger partial charge in [0.25, 0.3) is 5.56 Å². The number of ketones is 1. The summed E-state index contributed by atoms with van der Waals surface area (Å²) in [5.74, 6) is 0.206. The number of carbonyl (C=O) groups is 2. The zero-order chi connectivity index (χ0) is 41.5. The summed E-state index contributed by atoms with van der Waals surface area (Å²) in [6.45, 7) is 0.678. The van der Waals surface area contributed by atoms with E-state index in [1.165, 1.54) is 12.1 Å². The van der Waals surface area contributed by atoms with Crippen molar-refractivity contribution in [3.05, 3.63) is 123 Å². The molecule has 4 aliphatic rings. The third kappa shape index (κ3) is 7.54. The molecule has 1 aromatic carbocycles. The maximum Gasteiger partial charge on any atom is 0.737 e. The molecule has 5 aromatic rings. The average Bonchev–Trinajstić information content (AvgIpc) is 4.06. The Labute approximate surface area is 343 Å². The van der Waals surface area contributed by atoms with Gasteiger partial charge in [-0.25, -0.2) is 14.2 Å². The van der Waals surface area contributed by atoms with Crippen LogP contribution in [0, 0.1) is 12.7 Å². The maximum atomic E-state index is 16.1. The molecule has 17 heteroatoms. The summed E-state index contributed by atoms with van der Waals surface area (Å²) in [4.78, 5) is 49.6. The van der Waals surface area contributed by atoms with E-state index in [1.54, 1.807) is 59.3 Å². The van der Waals surface area contributed by atoms with Crippen molar-refractivity contribution in [3.8, 4) is 0 Å². The molecule has 9 rings (SSSR count). The third-order valence-corrected chi connectivity index (χ3v) is 12.3. The van der Waals surface area contributed by atoms with E-state index in [2.05, 4.69) is 20.4 Å². The lowest BCUT2D eigenvalue weighted by atomic mass is 9.90. The number of aromatic nitrogens is 5. The molecule has 312 valence electrons. The molecule has 1 atom stereocenters. The number of fused-ring (bicyclic) bond motifs is 4. The van der Waals surface area contributed by atoms with E-state index < -0.39 is 19.2 Å². The first-order valence-electron chi connectivity index (χ1n) is 20.8. The van der Waals surface area contributed by atoms with Crippen molar-refractivity contribution in [2.24, 2.45) is 0 Å². The maximum absolute atomic E-state index is 16.1. The lowest BCUT2D eigenvalue weighted by Crippen LogP contribution is -2.51. The number of piperidine rings is 1. The molecule has 2 N–H and O–H groups in total.